The first kappa shape index (κ1) is 18.2. The molecule has 1 saturated heterocycles. The van der Waals surface area contributed by atoms with Gasteiger partial charge in [-0.3, -0.25) is 9.59 Å². The van der Waals surface area contributed by atoms with Gasteiger partial charge in [-0.15, -0.1) is 0 Å². The molecule has 2 fully saturated rings. The highest BCUT2D eigenvalue weighted by Crippen LogP contribution is 2.39. The van der Waals surface area contributed by atoms with E-state index in [0.717, 1.165) is 38.8 Å². The Kier molecular flexibility index (Phi) is 6.45. The summed E-state index contributed by atoms with van der Waals surface area (Å²) in [7, 11) is 0. The molecule has 0 atom stereocenters. The first-order valence-corrected chi connectivity index (χ1v) is 9.24. The van der Waals surface area contributed by atoms with Crippen LogP contribution >= 0.6 is 0 Å². The number of nitrogens with zero attached hydrogens (tertiary/aromatic N) is 1. The van der Waals surface area contributed by atoms with Gasteiger partial charge in [-0.1, -0.05) is 33.1 Å². The quantitative estimate of drug-likeness (QED) is 0.813. The topological polar surface area (TPSA) is 75.4 Å². The molecule has 0 aromatic carbocycles. The molecule has 1 aliphatic heterocycles. The van der Waals surface area contributed by atoms with Crippen molar-refractivity contribution in [2.24, 2.45) is 17.1 Å². The molecule has 0 bridgehead atoms. The third kappa shape index (κ3) is 4.93. The molecule has 0 aromatic rings. The maximum atomic E-state index is 12.7. The van der Waals surface area contributed by atoms with Crippen LogP contribution in [0.25, 0.3) is 0 Å². The second-order valence-corrected chi connectivity index (χ2v) is 7.76. The maximum Gasteiger partial charge on any atom is 0.223 e. The van der Waals surface area contributed by atoms with E-state index in [1.54, 1.807) is 0 Å². The van der Waals surface area contributed by atoms with Gasteiger partial charge in [0.05, 0.1) is 0 Å². The molecule has 5 nitrogen and oxygen atoms in total. The predicted octanol–water partition coefficient (Wildman–Crippen LogP) is 2.05. The van der Waals surface area contributed by atoms with Crippen molar-refractivity contribution in [3.05, 3.63) is 0 Å². The second-order valence-electron chi connectivity index (χ2n) is 7.76. The molecule has 3 N–H and O–H groups in total. The Morgan fingerprint density at radius 2 is 1.78 bits per heavy atom. The smallest absolute Gasteiger partial charge is 0.223 e. The van der Waals surface area contributed by atoms with Crippen molar-refractivity contribution in [3.63, 3.8) is 0 Å². The molecule has 1 saturated carbocycles. The van der Waals surface area contributed by atoms with Gasteiger partial charge in [0.25, 0.3) is 0 Å². The number of piperidine rings is 1. The lowest BCUT2D eigenvalue weighted by atomic mass is 9.71. The van der Waals surface area contributed by atoms with E-state index in [9.17, 15) is 9.59 Å². The van der Waals surface area contributed by atoms with Gasteiger partial charge in [0.2, 0.25) is 11.8 Å². The second kappa shape index (κ2) is 8.13. The number of carbonyl (C=O) groups is 2. The molecule has 0 unspecified atom stereocenters. The van der Waals surface area contributed by atoms with Crippen LogP contribution in [0.5, 0.6) is 0 Å². The Morgan fingerprint density at radius 1 is 1.17 bits per heavy atom. The van der Waals surface area contributed by atoms with E-state index < -0.39 is 0 Å². The normalized spacial score (nSPS) is 22.2. The fourth-order valence-corrected chi connectivity index (χ4v) is 3.83. The summed E-state index contributed by atoms with van der Waals surface area (Å²) in [5, 5.41) is 3.08. The Morgan fingerprint density at radius 3 is 2.30 bits per heavy atom. The monoisotopic (exact) mass is 323 g/mol. The van der Waals surface area contributed by atoms with E-state index in [-0.39, 0.29) is 29.2 Å². The number of amides is 2. The first-order valence-electron chi connectivity index (χ1n) is 9.24. The van der Waals surface area contributed by atoms with E-state index >= 15 is 0 Å². The molecule has 0 radical (unpaired) electrons. The van der Waals surface area contributed by atoms with Crippen molar-refractivity contribution >= 4 is 11.8 Å². The zero-order valence-corrected chi connectivity index (χ0v) is 14.8. The average Bonchev–Trinajstić information content (AvgIpc) is 2.56. The lowest BCUT2D eigenvalue weighted by Gasteiger charge is -2.39. The summed E-state index contributed by atoms with van der Waals surface area (Å²) in [6.45, 7) is 5.94. The molecule has 1 aliphatic carbocycles. The lowest BCUT2D eigenvalue weighted by molar-refractivity contribution is -0.135. The van der Waals surface area contributed by atoms with Gasteiger partial charge in [0.1, 0.15) is 0 Å². The highest BCUT2D eigenvalue weighted by Gasteiger charge is 2.35. The fourth-order valence-electron chi connectivity index (χ4n) is 3.83. The van der Waals surface area contributed by atoms with Crippen LogP contribution in [0.1, 0.15) is 65.2 Å². The van der Waals surface area contributed by atoms with Crippen LogP contribution in [0.3, 0.4) is 0 Å². The molecule has 0 spiro atoms. The van der Waals surface area contributed by atoms with Crippen LogP contribution in [-0.2, 0) is 9.59 Å². The molecule has 0 aromatic heterocycles. The first-order chi connectivity index (χ1) is 11.0. The number of hydrogen-bond acceptors (Lipinski definition) is 3. The summed E-state index contributed by atoms with van der Waals surface area (Å²) in [5.41, 5.74) is 6.04. The van der Waals surface area contributed by atoms with Crippen molar-refractivity contribution in [3.8, 4) is 0 Å². The minimum absolute atomic E-state index is 0.0189. The average molecular weight is 323 g/mol. The van der Waals surface area contributed by atoms with Gasteiger partial charge in [-0.2, -0.15) is 0 Å². The van der Waals surface area contributed by atoms with Gasteiger partial charge in [-0.25, -0.2) is 0 Å². The number of likely N-dealkylation sites (tertiary alicyclic amines) is 1. The van der Waals surface area contributed by atoms with Gasteiger partial charge in [0.15, 0.2) is 0 Å². The molecule has 132 valence electrons. The molecule has 23 heavy (non-hydrogen) atoms. The summed E-state index contributed by atoms with van der Waals surface area (Å²) in [6, 6.07) is 0.215. The number of rotatable bonds is 5. The van der Waals surface area contributed by atoms with Crippen molar-refractivity contribution in [1.82, 2.24) is 10.2 Å². The molecular weight excluding hydrogens is 290 g/mol. The predicted molar refractivity (Wildman–Crippen MR) is 91.8 cm³/mol. The zero-order chi connectivity index (χ0) is 16.9. The SMILES string of the molecule is CC(C)C(=O)NC1CCN(C(=O)CC2(CN)CCCCC2)CC1. The number of carbonyl (C=O) groups excluding carboxylic acids is 2. The number of nitrogens with two attached hydrogens (primary N) is 1. The molecule has 2 amide bonds. The third-order valence-electron chi connectivity index (χ3n) is 5.59. The van der Waals surface area contributed by atoms with Crippen molar-refractivity contribution in [2.45, 2.75) is 71.3 Å². The summed E-state index contributed by atoms with van der Waals surface area (Å²) < 4.78 is 0. The third-order valence-corrected chi connectivity index (χ3v) is 5.59. The van der Waals surface area contributed by atoms with E-state index in [2.05, 4.69) is 5.32 Å². The zero-order valence-electron chi connectivity index (χ0n) is 14.8. The van der Waals surface area contributed by atoms with Crippen LogP contribution in [0.15, 0.2) is 0 Å². The van der Waals surface area contributed by atoms with Gasteiger partial charge in [0, 0.05) is 31.5 Å². The highest BCUT2D eigenvalue weighted by molar-refractivity contribution is 5.78. The Hall–Kier alpha value is -1.10. The summed E-state index contributed by atoms with van der Waals surface area (Å²) >= 11 is 0. The van der Waals surface area contributed by atoms with Gasteiger partial charge in [-0.05, 0) is 37.6 Å². The van der Waals surface area contributed by atoms with Crippen LogP contribution in [0.4, 0.5) is 0 Å². The fraction of sp³-hybridized carbons (Fsp3) is 0.889. The molecule has 5 heteroatoms. The highest BCUT2D eigenvalue weighted by atomic mass is 16.2. The van der Waals surface area contributed by atoms with Crippen LogP contribution in [-0.4, -0.2) is 42.4 Å². The number of nitrogens with one attached hydrogen (secondary N) is 1. The van der Waals surface area contributed by atoms with Crippen LogP contribution in [0, 0.1) is 11.3 Å². The van der Waals surface area contributed by atoms with Crippen LogP contribution in [0.2, 0.25) is 0 Å². The summed E-state index contributed by atoms with van der Waals surface area (Å²) in [4.78, 5) is 26.4. The van der Waals surface area contributed by atoms with E-state index in [1.807, 2.05) is 18.7 Å². The Labute approximate surface area is 140 Å². The maximum absolute atomic E-state index is 12.7. The molecular formula is C18H33N3O2. The van der Waals surface area contributed by atoms with E-state index in [1.165, 1.54) is 19.3 Å². The van der Waals surface area contributed by atoms with Crippen molar-refractivity contribution in [1.29, 1.82) is 0 Å². The minimum Gasteiger partial charge on any atom is -0.353 e. The number of hydrogen-bond donors (Lipinski definition) is 2. The molecule has 2 aliphatic rings. The van der Waals surface area contributed by atoms with E-state index in [0.29, 0.717) is 13.0 Å². The largest absolute Gasteiger partial charge is 0.353 e. The Bertz CT molecular complexity index is 408. The standard InChI is InChI=1S/C18H33N3O2/c1-14(2)17(23)20-15-6-10-21(11-7-15)16(22)12-18(13-19)8-4-3-5-9-18/h14-15H,3-13,19H2,1-2H3,(H,20,23). The van der Waals surface area contributed by atoms with Crippen molar-refractivity contribution < 1.29 is 9.59 Å². The van der Waals surface area contributed by atoms with E-state index in [4.69, 9.17) is 5.73 Å². The van der Waals surface area contributed by atoms with Crippen molar-refractivity contribution in [2.75, 3.05) is 19.6 Å². The van der Waals surface area contributed by atoms with Crippen LogP contribution < -0.4 is 11.1 Å². The molecule has 1 heterocycles. The molecule has 2 rings (SSSR count). The van der Waals surface area contributed by atoms with Gasteiger partial charge < -0.3 is 16.0 Å². The lowest BCUT2D eigenvalue weighted by Crippen LogP contribution is -2.48. The summed E-state index contributed by atoms with van der Waals surface area (Å²) in [5.74, 6) is 0.385. The van der Waals surface area contributed by atoms with Gasteiger partial charge >= 0.3 is 0 Å². The minimum atomic E-state index is 0.0189. The summed E-state index contributed by atoms with van der Waals surface area (Å²) in [6.07, 6.45) is 8.19. The Balaban J connectivity index is 1.80.